The molecule has 0 bridgehead atoms. The summed E-state index contributed by atoms with van der Waals surface area (Å²) in [5.74, 6) is 0. The van der Waals surface area contributed by atoms with E-state index in [9.17, 15) is 0 Å². The molecule has 0 aliphatic carbocycles. The van der Waals surface area contributed by atoms with Gasteiger partial charge in [0.25, 0.3) is 0 Å². The van der Waals surface area contributed by atoms with Crippen LogP contribution in [0, 0.1) is 57.8 Å². The van der Waals surface area contributed by atoms with Crippen LogP contribution in [-0.2, 0) is 19.8 Å². The average molecular weight is 718 g/mol. The van der Waals surface area contributed by atoms with Gasteiger partial charge < -0.3 is 16.0 Å². The third-order valence-electron chi connectivity index (χ3n) is 5.83. The molecule has 0 amide bonds. The number of benzene rings is 3. The third kappa shape index (κ3) is 25.9. The first-order chi connectivity index (χ1) is 20.1. The zero-order valence-electron chi connectivity index (χ0n) is 31.6. The Morgan fingerprint density at radius 3 is 0.689 bits per heavy atom. The third-order valence-corrected chi connectivity index (χ3v) is 5.83. The number of hydrogen-bond acceptors (Lipinski definition) is 0. The molecule has 0 saturated carbocycles. The molecule has 0 N–H and O–H groups in total. The Kier molecular flexibility index (Phi) is 22.6. The van der Waals surface area contributed by atoms with Gasteiger partial charge >= 0.3 is 55.8 Å². The van der Waals surface area contributed by atoms with E-state index in [4.69, 9.17) is 0 Å². The molecule has 6 heteroatoms. The molecule has 0 unspecified atom stereocenters. The molecule has 0 aliphatic rings. The van der Waals surface area contributed by atoms with Gasteiger partial charge in [0, 0.05) is 0 Å². The van der Waals surface area contributed by atoms with Crippen LogP contribution in [0.4, 0.5) is 17.1 Å². The SMILES string of the molecule is Cc1cc(C)cc([N-]CC(C)(C)C)c1.Cc1cc(C)cc([N-]CC(C)(C)C)c1.Cc1cc(C)cc([N-]CC(C)(C)C)c1.[Na+].[P]#[Nb]. The Balaban J connectivity index is 0. The molecule has 0 radical (unpaired) electrons. The van der Waals surface area contributed by atoms with Crippen LogP contribution in [-0.4, -0.2) is 19.6 Å². The molecule has 3 rings (SSSR count). The van der Waals surface area contributed by atoms with Gasteiger partial charge in [-0.25, -0.2) is 0 Å². The van der Waals surface area contributed by atoms with E-state index in [1.807, 2.05) is 0 Å². The summed E-state index contributed by atoms with van der Waals surface area (Å²) in [6.07, 6.45) is 3.58. The van der Waals surface area contributed by atoms with Gasteiger partial charge in [-0.05, 0) is 41.5 Å². The van der Waals surface area contributed by atoms with Crippen LogP contribution in [0.15, 0.2) is 54.6 Å². The fraction of sp³-hybridized carbons (Fsp3) is 0.538. The van der Waals surface area contributed by atoms with Crippen molar-refractivity contribution in [2.45, 2.75) is 104 Å². The molecular weight excluding hydrogens is 657 g/mol. The standard InChI is InChI=1S/3C13H20N.Na.Nb.P/c3*1-10-6-11(2)8-12(7-10)14-9-13(3,4)5;;;/h3*6-8H,9H2,1-5H3;;;/q3*-1;+1;;. The summed E-state index contributed by atoms with van der Waals surface area (Å²) in [7, 11) is 0. The fourth-order valence-corrected chi connectivity index (χ4v) is 4.11. The van der Waals surface area contributed by atoms with Crippen molar-refractivity contribution in [2.75, 3.05) is 19.6 Å². The van der Waals surface area contributed by atoms with E-state index in [0.29, 0.717) is 0 Å². The van der Waals surface area contributed by atoms with Crippen molar-refractivity contribution in [1.82, 2.24) is 0 Å². The molecule has 0 saturated heterocycles. The van der Waals surface area contributed by atoms with Gasteiger partial charge in [-0.15, -0.1) is 36.7 Å². The predicted octanol–water partition coefficient (Wildman–Crippen LogP) is 10.9. The molecule has 0 atom stereocenters. The molecule has 3 aromatic carbocycles. The molecule has 0 aromatic heterocycles. The van der Waals surface area contributed by atoms with Crippen molar-refractivity contribution >= 4 is 23.5 Å². The van der Waals surface area contributed by atoms with Gasteiger partial charge in [0.05, 0.1) is 0 Å². The van der Waals surface area contributed by atoms with Crippen molar-refractivity contribution in [3.63, 3.8) is 0 Å². The van der Waals surface area contributed by atoms with Gasteiger partial charge in [0.15, 0.2) is 0 Å². The van der Waals surface area contributed by atoms with Crippen molar-refractivity contribution in [2.24, 2.45) is 16.2 Å². The van der Waals surface area contributed by atoms with Crippen LogP contribution < -0.4 is 29.6 Å². The van der Waals surface area contributed by atoms with Gasteiger partial charge in [-0.2, -0.15) is 0 Å². The van der Waals surface area contributed by atoms with E-state index < -0.39 is 0 Å². The molecule has 244 valence electrons. The Labute approximate surface area is 314 Å². The topological polar surface area (TPSA) is 42.3 Å². The zero-order valence-corrected chi connectivity index (χ0v) is 36.6. The first-order valence-corrected chi connectivity index (χ1v) is 18.9. The van der Waals surface area contributed by atoms with E-state index in [0.717, 1.165) is 36.7 Å². The van der Waals surface area contributed by atoms with Crippen LogP contribution in [0.1, 0.15) is 95.7 Å². The van der Waals surface area contributed by atoms with Crippen LogP contribution in [0.5, 0.6) is 0 Å². The molecule has 0 fully saturated rings. The molecule has 0 heterocycles. The first-order valence-electron chi connectivity index (χ1n) is 15.6. The number of aryl methyl sites for hydroxylation is 6. The van der Waals surface area contributed by atoms with Crippen molar-refractivity contribution in [1.29, 1.82) is 0 Å². The van der Waals surface area contributed by atoms with Gasteiger partial charge in [-0.1, -0.05) is 167 Å². The fourth-order valence-electron chi connectivity index (χ4n) is 4.11. The first kappa shape index (κ1) is 46.3. The van der Waals surface area contributed by atoms with Crippen molar-refractivity contribution < 1.29 is 49.4 Å². The molecule has 3 aromatic rings. The van der Waals surface area contributed by atoms with E-state index in [1.165, 1.54) is 53.2 Å². The summed E-state index contributed by atoms with van der Waals surface area (Å²) in [5, 5.41) is 13.8. The summed E-state index contributed by atoms with van der Waals surface area (Å²) < 4.78 is 0. The monoisotopic (exact) mass is 717 g/mol. The van der Waals surface area contributed by atoms with Gasteiger partial charge in [0.2, 0.25) is 0 Å². The summed E-state index contributed by atoms with van der Waals surface area (Å²) in [5.41, 5.74) is 11.9. The van der Waals surface area contributed by atoms with Gasteiger partial charge in [-0.3, -0.25) is 0 Å². The van der Waals surface area contributed by atoms with E-state index >= 15 is 0 Å². The summed E-state index contributed by atoms with van der Waals surface area (Å²) >= 11 is 1.44. The van der Waals surface area contributed by atoms with E-state index in [2.05, 4.69) is 181 Å². The molecule has 3 nitrogen and oxygen atoms in total. The quantitative estimate of drug-likeness (QED) is 0.180. The second-order valence-electron chi connectivity index (χ2n) is 15.7. The Morgan fingerprint density at radius 1 is 0.400 bits per heavy atom. The number of hydrogen-bond donors (Lipinski definition) is 0. The molecular formula is C39H60N3NaNbP-2. The predicted molar refractivity (Wildman–Crippen MR) is 197 cm³/mol. The minimum absolute atomic E-state index is 0. The maximum absolute atomic E-state index is 4.60. The van der Waals surface area contributed by atoms with Crippen molar-refractivity contribution in [3.8, 4) is 0 Å². The Hall–Kier alpha value is -0.770. The number of nitrogens with zero attached hydrogens (tertiary/aromatic N) is 3. The normalized spacial score (nSPS) is 10.8. The second kappa shape index (κ2) is 22.0. The van der Waals surface area contributed by atoms with Crippen LogP contribution in [0.2, 0.25) is 0 Å². The van der Waals surface area contributed by atoms with Gasteiger partial charge in [0.1, 0.15) is 0 Å². The van der Waals surface area contributed by atoms with E-state index in [-0.39, 0.29) is 45.8 Å². The zero-order chi connectivity index (χ0) is 34.3. The summed E-state index contributed by atoms with van der Waals surface area (Å²) in [4.78, 5) is 0. The number of rotatable bonds is 6. The molecule has 0 spiro atoms. The molecule has 0 aliphatic heterocycles. The Bertz CT molecular complexity index is 1080. The van der Waals surface area contributed by atoms with Crippen LogP contribution in [0.25, 0.3) is 16.0 Å². The second-order valence-corrected chi connectivity index (χ2v) is 15.7. The molecule has 45 heavy (non-hydrogen) atoms. The summed E-state index contributed by atoms with van der Waals surface area (Å²) in [6.45, 7) is 35.2. The van der Waals surface area contributed by atoms with Crippen LogP contribution >= 0.6 is 6.45 Å². The van der Waals surface area contributed by atoms with E-state index in [1.54, 1.807) is 0 Å². The van der Waals surface area contributed by atoms with Crippen LogP contribution in [0.3, 0.4) is 0 Å². The summed E-state index contributed by atoms with van der Waals surface area (Å²) in [6, 6.07) is 19.4. The minimum atomic E-state index is 0. The Morgan fingerprint density at radius 2 is 0.556 bits per heavy atom. The van der Waals surface area contributed by atoms with Crippen molar-refractivity contribution in [3.05, 3.63) is 104 Å². The maximum atomic E-state index is 4.60. The average Bonchev–Trinajstić information content (AvgIpc) is 2.84.